The number of aromatic nitrogens is 1. The van der Waals surface area contributed by atoms with Gasteiger partial charge in [-0.3, -0.25) is 10.1 Å². The van der Waals surface area contributed by atoms with Crippen molar-refractivity contribution >= 4 is 32.2 Å². The van der Waals surface area contributed by atoms with Crippen molar-refractivity contribution in [2.75, 3.05) is 11.6 Å². The summed E-state index contributed by atoms with van der Waals surface area (Å²) in [6, 6.07) is 10.9. The van der Waals surface area contributed by atoms with Crippen LogP contribution in [0.15, 0.2) is 41.8 Å². The number of benzene rings is 2. The number of amides is 1. The number of nitrogens with zero attached hydrogens (tertiary/aromatic N) is 1. The average molecular weight is 415 g/mol. The highest BCUT2D eigenvalue weighted by atomic mass is 32.2. The lowest BCUT2D eigenvalue weighted by molar-refractivity contribution is 0.102. The fourth-order valence-electron chi connectivity index (χ4n) is 3.30. The van der Waals surface area contributed by atoms with Crippen LogP contribution in [-0.4, -0.2) is 25.6 Å². The van der Waals surface area contributed by atoms with E-state index < -0.39 is 9.84 Å². The summed E-state index contributed by atoms with van der Waals surface area (Å²) in [4.78, 5) is 17.1. The van der Waals surface area contributed by atoms with Gasteiger partial charge in [-0.05, 0) is 49.6 Å². The van der Waals surface area contributed by atoms with E-state index in [4.69, 9.17) is 0 Å². The van der Waals surface area contributed by atoms with E-state index in [-0.39, 0.29) is 11.7 Å². The molecule has 146 valence electrons. The van der Waals surface area contributed by atoms with Gasteiger partial charge in [-0.25, -0.2) is 13.4 Å². The molecule has 1 aromatic heterocycles. The maximum absolute atomic E-state index is 12.6. The highest BCUT2D eigenvalue weighted by molar-refractivity contribution is 7.89. The van der Waals surface area contributed by atoms with Crippen molar-refractivity contribution < 1.29 is 13.2 Å². The van der Waals surface area contributed by atoms with Gasteiger partial charge in [-0.2, -0.15) is 0 Å². The van der Waals surface area contributed by atoms with Crippen LogP contribution in [-0.2, 0) is 15.6 Å². The molecule has 3 aromatic rings. The van der Waals surface area contributed by atoms with Crippen LogP contribution in [0, 0.1) is 20.8 Å². The van der Waals surface area contributed by atoms with E-state index in [0.29, 0.717) is 16.3 Å². The van der Waals surface area contributed by atoms with Crippen molar-refractivity contribution in [3.05, 3.63) is 69.6 Å². The Labute approximate surface area is 169 Å². The molecule has 0 radical (unpaired) electrons. The molecule has 0 fully saturated rings. The number of carbonyl (C=O) groups is 1. The maximum Gasteiger partial charge on any atom is 0.257 e. The molecule has 0 saturated carbocycles. The van der Waals surface area contributed by atoms with E-state index in [0.717, 1.165) is 22.4 Å². The second-order valence-corrected chi connectivity index (χ2v) is 10.0. The third kappa shape index (κ3) is 4.85. The minimum absolute atomic E-state index is 0.0957. The molecule has 0 aliphatic carbocycles. The zero-order valence-corrected chi connectivity index (χ0v) is 17.9. The number of hydrogen-bond acceptors (Lipinski definition) is 5. The van der Waals surface area contributed by atoms with Crippen molar-refractivity contribution in [3.8, 4) is 11.3 Å². The molecule has 28 heavy (non-hydrogen) atoms. The van der Waals surface area contributed by atoms with Gasteiger partial charge in [-0.1, -0.05) is 29.8 Å². The van der Waals surface area contributed by atoms with E-state index in [2.05, 4.69) is 43.2 Å². The number of carbonyl (C=O) groups excluding carboxylic acids is 1. The monoisotopic (exact) mass is 414 g/mol. The molecule has 7 heteroatoms. The van der Waals surface area contributed by atoms with E-state index in [1.807, 2.05) is 5.38 Å². The van der Waals surface area contributed by atoms with Crippen LogP contribution in [0.3, 0.4) is 0 Å². The lowest BCUT2D eigenvalue weighted by atomic mass is 9.98. The lowest BCUT2D eigenvalue weighted by Gasteiger charge is -2.09. The normalized spacial score (nSPS) is 11.4. The van der Waals surface area contributed by atoms with Gasteiger partial charge in [-0.15, -0.1) is 11.3 Å². The molecule has 0 bridgehead atoms. The van der Waals surface area contributed by atoms with Crippen LogP contribution in [0.4, 0.5) is 5.13 Å². The Hall–Kier alpha value is -2.51. The molecular weight excluding hydrogens is 392 g/mol. The first-order valence-electron chi connectivity index (χ1n) is 8.74. The van der Waals surface area contributed by atoms with Gasteiger partial charge in [0, 0.05) is 22.8 Å². The SMILES string of the molecule is Cc1cc(C)c(-c2csc(NC(=O)c3cccc(CS(C)(=O)=O)c3)n2)c(C)c1. The van der Waals surface area contributed by atoms with Gasteiger partial charge in [0.1, 0.15) is 0 Å². The summed E-state index contributed by atoms with van der Waals surface area (Å²) < 4.78 is 23.0. The molecule has 1 N–H and O–H groups in total. The summed E-state index contributed by atoms with van der Waals surface area (Å²) in [6.07, 6.45) is 1.17. The zero-order valence-electron chi connectivity index (χ0n) is 16.2. The summed E-state index contributed by atoms with van der Waals surface area (Å²) in [7, 11) is -3.16. The Morgan fingerprint density at radius 1 is 1.11 bits per heavy atom. The standard InChI is InChI=1S/C21H22N2O3S2/c1-13-8-14(2)19(15(3)9-13)18-11-27-21(22-18)23-20(24)17-7-5-6-16(10-17)12-28(4,25)26/h5-11H,12H2,1-4H3,(H,22,23,24). The predicted molar refractivity (Wildman–Crippen MR) is 115 cm³/mol. The number of thiazole rings is 1. The van der Waals surface area contributed by atoms with Crippen LogP contribution in [0.1, 0.15) is 32.6 Å². The Bertz CT molecular complexity index is 1120. The maximum atomic E-state index is 12.6. The van der Waals surface area contributed by atoms with Crippen LogP contribution < -0.4 is 5.32 Å². The number of aryl methyl sites for hydroxylation is 3. The van der Waals surface area contributed by atoms with Gasteiger partial charge >= 0.3 is 0 Å². The van der Waals surface area contributed by atoms with E-state index in [9.17, 15) is 13.2 Å². The first kappa shape index (κ1) is 20.2. The molecule has 0 atom stereocenters. The Morgan fingerprint density at radius 3 is 2.43 bits per heavy atom. The van der Waals surface area contributed by atoms with Crippen LogP contribution in [0.5, 0.6) is 0 Å². The number of anilines is 1. The fraction of sp³-hybridized carbons (Fsp3) is 0.238. The number of sulfone groups is 1. The smallest absolute Gasteiger partial charge is 0.257 e. The molecular formula is C21H22N2O3S2. The molecule has 0 spiro atoms. The molecule has 0 aliphatic heterocycles. The van der Waals surface area contributed by atoms with Crippen LogP contribution >= 0.6 is 11.3 Å². The minimum atomic E-state index is -3.16. The molecule has 0 saturated heterocycles. The van der Waals surface area contributed by atoms with Crippen molar-refractivity contribution in [2.45, 2.75) is 26.5 Å². The van der Waals surface area contributed by atoms with Gasteiger partial charge in [0.2, 0.25) is 0 Å². The van der Waals surface area contributed by atoms with Crippen LogP contribution in [0.25, 0.3) is 11.3 Å². The van der Waals surface area contributed by atoms with Gasteiger partial charge in [0.05, 0.1) is 11.4 Å². The molecule has 3 rings (SSSR count). The van der Waals surface area contributed by atoms with E-state index in [1.54, 1.807) is 24.3 Å². The predicted octanol–water partition coefficient (Wildman–Crippen LogP) is 4.53. The summed E-state index contributed by atoms with van der Waals surface area (Å²) in [6.45, 7) is 6.18. The van der Waals surface area contributed by atoms with E-state index in [1.165, 1.54) is 23.2 Å². The van der Waals surface area contributed by atoms with Crippen LogP contribution in [0.2, 0.25) is 0 Å². The summed E-state index contributed by atoms with van der Waals surface area (Å²) in [5, 5.41) is 5.25. The molecule has 1 heterocycles. The molecule has 1 amide bonds. The molecule has 2 aromatic carbocycles. The Morgan fingerprint density at radius 2 is 1.79 bits per heavy atom. The van der Waals surface area contributed by atoms with Crippen molar-refractivity contribution in [2.24, 2.45) is 0 Å². The van der Waals surface area contributed by atoms with Crippen molar-refractivity contribution in [3.63, 3.8) is 0 Å². The lowest BCUT2D eigenvalue weighted by Crippen LogP contribution is -2.12. The summed E-state index contributed by atoms with van der Waals surface area (Å²) in [5.74, 6) is -0.407. The fourth-order valence-corrected chi connectivity index (χ4v) is 4.79. The first-order chi connectivity index (χ1) is 13.1. The molecule has 5 nitrogen and oxygen atoms in total. The van der Waals surface area contributed by atoms with E-state index >= 15 is 0 Å². The van der Waals surface area contributed by atoms with Gasteiger partial charge in [0.25, 0.3) is 5.91 Å². The second kappa shape index (κ2) is 7.85. The van der Waals surface area contributed by atoms with Gasteiger partial charge < -0.3 is 0 Å². The number of nitrogens with one attached hydrogen (secondary N) is 1. The minimum Gasteiger partial charge on any atom is -0.298 e. The highest BCUT2D eigenvalue weighted by Gasteiger charge is 2.14. The van der Waals surface area contributed by atoms with Crippen molar-refractivity contribution in [1.82, 2.24) is 4.98 Å². The van der Waals surface area contributed by atoms with Gasteiger partial charge in [0.15, 0.2) is 15.0 Å². The number of rotatable bonds is 5. The first-order valence-corrected chi connectivity index (χ1v) is 11.7. The molecule has 0 aliphatic rings. The topological polar surface area (TPSA) is 76.1 Å². The van der Waals surface area contributed by atoms with Crippen molar-refractivity contribution in [1.29, 1.82) is 0 Å². The zero-order chi connectivity index (χ0) is 20.5. The highest BCUT2D eigenvalue weighted by Crippen LogP contribution is 2.31. The third-order valence-corrected chi connectivity index (χ3v) is 5.89. The molecule has 0 unspecified atom stereocenters. The summed E-state index contributed by atoms with van der Waals surface area (Å²) in [5.41, 5.74) is 6.40. The average Bonchev–Trinajstić information content (AvgIpc) is 3.00. The largest absolute Gasteiger partial charge is 0.298 e. The third-order valence-electron chi connectivity index (χ3n) is 4.28. The Balaban J connectivity index is 1.81. The summed E-state index contributed by atoms with van der Waals surface area (Å²) >= 11 is 1.36. The number of hydrogen-bond donors (Lipinski definition) is 1. The Kier molecular flexibility index (Phi) is 5.67. The second-order valence-electron chi connectivity index (χ2n) is 7.04. The quantitative estimate of drug-likeness (QED) is 0.665.